The fourth-order valence-corrected chi connectivity index (χ4v) is 3.85. The molecule has 0 saturated carbocycles. The lowest BCUT2D eigenvalue weighted by Gasteiger charge is -2.14. The van der Waals surface area contributed by atoms with Crippen LogP contribution in [0.15, 0.2) is 59.5 Å². The molecule has 0 spiro atoms. The van der Waals surface area contributed by atoms with Crippen LogP contribution in [0.5, 0.6) is 17.2 Å². The summed E-state index contributed by atoms with van der Waals surface area (Å²) in [5.74, 6) is 1.52. The molecule has 0 bridgehead atoms. The van der Waals surface area contributed by atoms with Crippen LogP contribution in [0.3, 0.4) is 0 Å². The van der Waals surface area contributed by atoms with Crippen molar-refractivity contribution in [1.82, 2.24) is 5.32 Å². The number of hydrogen-bond donors (Lipinski definition) is 1. The van der Waals surface area contributed by atoms with Gasteiger partial charge in [0.15, 0.2) is 11.5 Å². The molecule has 6 heteroatoms. The highest BCUT2D eigenvalue weighted by molar-refractivity contribution is 8.18. The number of amides is 2. The summed E-state index contributed by atoms with van der Waals surface area (Å²) in [7, 11) is 0. The van der Waals surface area contributed by atoms with E-state index in [4.69, 9.17) is 9.47 Å². The van der Waals surface area contributed by atoms with Crippen molar-refractivity contribution in [2.24, 2.45) is 0 Å². The number of fused-ring (bicyclic) bond motifs is 1. The van der Waals surface area contributed by atoms with E-state index in [1.54, 1.807) is 12.1 Å². The van der Waals surface area contributed by atoms with E-state index in [1.165, 1.54) is 5.56 Å². The molecule has 29 heavy (non-hydrogen) atoms. The van der Waals surface area contributed by atoms with Gasteiger partial charge in [-0.15, -0.1) is 0 Å². The molecule has 1 aliphatic heterocycles. The van der Waals surface area contributed by atoms with Crippen molar-refractivity contribution in [3.63, 3.8) is 0 Å². The van der Waals surface area contributed by atoms with Gasteiger partial charge < -0.3 is 9.47 Å². The number of nitrogens with one attached hydrogen (secondary N) is 1. The van der Waals surface area contributed by atoms with E-state index in [-0.39, 0.29) is 11.1 Å². The van der Waals surface area contributed by atoms with Gasteiger partial charge in [-0.1, -0.05) is 36.4 Å². The number of aryl methyl sites for hydroxylation is 1. The topological polar surface area (TPSA) is 64.6 Å². The van der Waals surface area contributed by atoms with E-state index < -0.39 is 0 Å². The van der Waals surface area contributed by atoms with Crippen LogP contribution in [-0.2, 0) is 4.79 Å². The van der Waals surface area contributed by atoms with Gasteiger partial charge in [-0.05, 0) is 66.4 Å². The number of ether oxygens (including phenoxy) is 2. The number of carbonyl (C=O) groups excluding carboxylic acids is 2. The van der Waals surface area contributed by atoms with Crippen LogP contribution in [0, 0.1) is 6.92 Å². The molecule has 146 valence electrons. The molecule has 4 rings (SSSR count). The zero-order valence-corrected chi connectivity index (χ0v) is 16.8. The van der Waals surface area contributed by atoms with Crippen LogP contribution in [0.4, 0.5) is 4.79 Å². The largest absolute Gasteiger partial charge is 0.490 e. The second-order valence-electron chi connectivity index (χ2n) is 6.52. The first-order valence-electron chi connectivity index (χ1n) is 9.23. The minimum absolute atomic E-state index is 0.357. The highest BCUT2D eigenvalue weighted by Gasteiger charge is 2.25. The van der Waals surface area contributed by atoms with Crippen molar-refractivity contribution in [2.45, 2.75) is 13.8 Å². The van der Waals surface area contributed by atoms with Crippen LogP contribution < -0.4 is 14.8 Å². The van der Waals surface area contributed by atoms with Crippen LogP contribution in [0.25, 0.3) is 16.8 Å². The van der Waals surface area contributed by atoms with E-state index in [2.05, 4.69) is 18.3 Å². The molecule has 1 saturated heterocycles. The number of thioether (sulfide) groups is 1. The molecule has 1 aliphatic rings. The zero-order chi connectivity index (χ0) is 20.4. The lowest BCUT2D eigenvalue weighted by Crippen LogP contribution is -2.17. The van der Waals surface area contributed by atoms with E-state index in [9.17, 15) is 9.59 Å². The first kappa shape index (κ1) is 19.1. The number of carbonyl (C=O) groups is 2. The highest BCUT2D eigenvalue weighted by atomic mass is 32.2. The third kappa shape index (κ3) is 3.98. The summed E-state index contributed by atoms with van der Waals surface area (Å²) in [5, 5.41) is 4.05. The summed E-state index contributed by atoms with van der Waals surface area (Å²) in [6.07, 6.45) is 1.67. The molecule has 2 amide bonds. The lowest BCUT2D eigenvalue weighted by atomic mass is 10.0. The average Bonchev–Trinajstić information content (AvgIpc) is 3.03. The molecule has 0 radical (unpaired) electrons. The molecule has 0 unspecified atom stereocenters. The van der Waals surface area contributed by atoms with E-state index >= 15 is 0 Å². The normalized spacial score (nSPS) is 15.0. The van der Waals surface area contributed by atoms with Crippen molar-refractivity contribution < 1.29 is 19.1 Å². The summed E-state index contributed by atoms with van der Waals surface area (Å²) in [6, 6.07) is 17.5. The zero-order valence-electron chi connectivity index (χ0n) is 16.0. The summed E-state index contributed by atoms with van der Waals surface area (Å²) >= 11 is 0.887. The summed E-state index contributed by atoms with van der Waals surface area (Å²) < 4.78 is 12.0. The predicted molar refractivity (Wildman–Crippen MR) is 115 cm³/mol. The molecule has 0 aromatic heterocycles. The number of rotatable bonds is 5. The van der Waals surface area contributed by atoms with Gasteiger partial charge in [0.05, 0.1) is 11.5 Å². The Morgan fingerprint density at radius 3 is 2.45 bits per heavy atom. The van der Waals surface area contributed by atoms with E-state index in [0.29, 0.717) is 23.0 Å². The molecule has 1 fully saturated rings. The molecule has 0 atom stereocenters. The van der Waals surface area contributed by atoms with Crippen molar-refractivity contribution in [3.05, 3.63) is 70.6 Å². The van der Waals surface area contributed by atoms with Gasteiger partial charge in [-0.2, -0.15) is 0 Å². The van der Waals surface area contributed by atoms with Crippen molar-refractivity contribution >= 4 is 39.8 Å². The maximum Gasteiger partial charge on any atom is 0.290 e. The minimum atomic E-state index is -0.385. The first-order valence-corrected chi connectivity index (χ1v) is 10.0. The number of hydrogen-bond acceptors (Lipinski definition) is 5. The highest BCUT2D eigenvalue weighted by Crippen LogP contribution is 2.37. The molecule has 1 heterocycles. The second-order valence-corrected chi connectivity index (χ2v) is 7.53. The Balaban J connectivity index is 1.70. The van der Waals surface area contributed by atoms with Gasteiger partial charge >= 0.3 is 0 Å². The monoisotopic (exact) mass is 405 g/mol. The molecule has 3 aromatic rings. The van der Waals surface area contributed by atoms with Gasteiger partial charge in [0.1, 0.15) is 5.75 Å². The van der Waals surface area contributed by atoms with Gasteiger partial charge in [-0.25, -0.2) is 0 Å². The Labute approximate surface area is 172 Å². The standard InChI is InChI=1S/C23H19NO4S/c1-3-27-20-12-15(13-21-22(25)24-23(26)29-21)9-11-19(20)28-18-10-8-14(2)16-6-4-5-7-17(16)18/h4-13H,3H2,1-2H3,(H,24,25,26)/b21-13-. The van der Waals surface area contributed by atoms with Crippen molar-refractivity contribution in [3.8, 4) is 17.2 Å². The maximum absolute atomic E-state index is 11.8. The minimum Gasteiger partial charge on any atom is -0.490 e. The Kier molecular flexibility index (Phi) is 5.27. The SMILES string of the molecule is CCOc1cc(/C=C2\SC(=O)NC2=O)ccc1Oc1ccc(C)c2ccccc12. The molecule has 0 aliphatic carbocycles. The van der Waals surface area contributed by atoms with Gasteiger partial charge in [0, 0.05) is 5.39 Å². The first-order chi connectivity index (χ1) is 14.0. The smallest absolute Gasteiger partial charge is 0.290 e. The second kappa shape index (κ2) is 8.01. The van der Waals surface area contributed by atoms with Crippen LogP contribution in [-0.4, -0.2) is 17.8 Å². The third-order valence-corrected chi connectivity index (χ3v) is 5.34. The fourth-order valence-electron chi connectivity index (χ4n) is 3.17. The van der Waals surface area contributed by atoms with Crippen LogP contribution in [0.2, 0.25) is 0 Å². The molecular formula is C23H19NO4S. The number of imide groups is 1. The van der Waals surface area contributed by atoms with Crippen molar-refractivity contribution in [1.29, 1.82) is 0 Å². The molecular weight excluding hydrogens is 386 g/mol. The fraction of sp³-hybridized carbons (Fsp3) is 0.130. The Bertz CT molecular complexity index is 1150. The van der Waals surface area contributed by atoms with E-state index in [1.807, 2.05) is 49.4 Å². The average molecular weight is 405 g/mol. The predicted octanol–water partition coefficient (Wildman–Crippen LogP) is 5.66. The quantitative estimate of drug-likeness (QED) is 0.555. The van der Waals surface area contributed by atoms with Crippen LogP contribution >= 0.6 is 11.8 Å². The van der Waals surface area contributed by atoms with Gasteiger partial charge in [0.25, 0.3) is 11.1 Å². The Hall–Kier alpha value is -3.25. The summed E-state index contributed by atoms with van der Waals surface area (Å²) in [6.45, 7) is 4.44. The molecule has 3 aromatic carbocycles. The summed E-state index contributed by atoms with van der Waals surface area (Å²) in [4.78, 5) is 23.5. The number of benzene rings is 3. The summed E-state index contributed by atoms with van der Waals surface area (Å²) in [5.41, 5.74) is 1.93. The van der Waals surface area contributed by atoms with Crippen molar-refractivity contribution in [2.75, 3.05) is 6.61 Å². The van der Waals surface area contributed by atoms with Crippen LogP contribution in [0.1, 0.15) is 18.1 Å². The van der Waals surface area contributed by atoms with Gasteiger partial charge in [-0.3, -0.25) is 14.9 Å². The molecule has 1 N–H and O–H groups in total. The van der Waals surface area contributed by atoms with E-state index in [0.717, 1.165) is 33.8 Å². The third-order valence-electron chi connectivity index (χ3n) is 4.53. The maximum atomic E-state index is 11.8. The van der Waals surface area contributed by atoms with Gasteiger partial charge in [0.2, 0.25) is 0 Å². The Morgan fingerprint density at radius 1 is 0.966 bits per heavy atom. The molecule has 5 nitrogen and oxygen atoms in total. The lowest BCUT2D eigenvalue weighted by molar-refractivity contribution is -0.115. The Morgan fingerprint density at radius 2 is 1.72 bits per heavy atom.